The molecule has 1 unspecified atom stereocenters. The van der Waals surface area contributed by atoms with Gasteiger partial charge >= 0.3 is 0 Å². The van der Waals surface area contributed by atoms with Gasteiger partial charge in [-0.05, 0) is 25.1 Å². The molecular formula is C15H19FN2O3. The zero-order valence-corrected chi connectivity index (χ0v) is 11.9. The highest BCUT2D eigenvalue weighted by Crippen LogP contribution is 2.32. The minimum atomic E-state index is -0.376. The largest absolute Gasteiger partial charge is 0.493 e. The number of hydrogen-bond acceptors (Lipinski definition) is 4. The van der Waals surface area contributed by atoms with Gasteiger partial charge in [0.2, 0.25) is 5.91 Å². The second kappa shape index (κ2) is 5.99. The third-order valence-electron chi connectivity index (χ3n) is 3.93. The van der Waals surface area contributed by atoms with Gasteiger partial charge in [-0.2, -0.15) is 0 Å². The van der Waals surface area contributed by atoms with Crippen LogP contribution in [0.1, 0.15) is 24.9 Å². The molecule has 1 aromatic rings. The molecule has 2 heterocycles. The molecule has 1 amide bonds. The van der Waals surface area contributed by atoms with E-state index in [-0.39, 0.29) is 29.9 Å². The molecule has 0 aromatic heterocycles. The molecule has 0 aliphatic carbocycles. The summed E-state index contributed by atoms with van der Waals surface area (Å²) in [5.74, 6) is 0.184. The number of hydrogen-bond donors (Lipinski definition) is 2. The lowest BCUT2D eigenvalue weighted by Crippen LogP contribution is -2.56. The molecule has 21 heavy (non-hydrogen) atoms. The Hall–Kier alpha value is -1.66. The molecule has 0 spiro atoms. The molecule has 0 saturated carbocycles. The number of carbonyl (C=O) groups is 1. The van der Waals surface area contributed by atoms with Gasteiger partial charge in [-0.1, -0.05) is 0 Å². The van der Waals surface area contributed by atoms with Crippen LogP contribution in [0.2, 0.25) is 0 Å². The van der Waals surface area contributed by atoms with Gasteiger partial charge in [0.05, 0.1) is 25.4 Å². The van der Waals surface area contributed by atoms with Crippen molar-refractivity contribution in [3.63, 3.8) is 0 Å². The summed E-state index contributed by atoms with van der Waals surface area (Å²) in [5, 5.41) is 6.13. The summed E-state index contributed by atoms with van der Waals surface area (Å²) in [6.45, 7) is 3.64. The van der Waals surface area contributed by atoms with Crippen LogP contribution in [0.4, 0.5) is 4.39 Å². The van der Waals surface area contributed by atoms with Crippen LogP contribution in [0.3, 0.4) is 0 Å². The summed E-state index contributed by atoms with van der Waals surface area (Å²) in [5.41, 5.74) is 0.694. The maximum atomic E-state index is 13.4. The van der Waals surface area contributed by atoms with E-state index in [9.17, 15) is 9.18 Å². The van der Waals surface area contributed by atoms with Crippen molar-refractivity contribution in [2.75, 3.05) is 19.8 Å². The number of morpholine rings is 1. The average molecular weight is 294 g/mol. The molecule has 6 heteroatoms. The number of ether oxygens (including phenoxy) is 2. The third kappa shape index (κ3) is 3.01. The Kier molecular flexibility index (Phi) is 4.07. The Morgan fingerprint density at radius 1 is 1.43 bits per heavy atom. The zero-order valence-electron chi connectivity index (χ0n) is 11.9. The van der Waals surface area contributed by atoms with Gasteiger partial charge in [-0.25, -0.2) is 4.39 Å². The topological polar surface area (TPSA) is 59.6 Å². The molecule has 3 rings (SSSR count). The minimum Gasteiger partial charge on any atom is -0.493 e. The Labute approximate surface area is 122 Å². The molecule has 0 radical (unpaired) electrons. The summed E-state index contributed by atoms with van der Waals surface area (Å²) in [6, 6.07) is 3.79. The van der Waals surface area contributed by atoms with Crippen LogP contribution < -0.4 is 15.4 Å². The van der Waals surface area contributed by atoms with Crippen molar-refractivity contribution in [3.05, 3.63) is 29.6 Å². The van der Waals surface area contributed by atoms with Crippen LogP contribution in [-0.2, 0) is 9.53 Å². The highest BCUT2D eigenvalue weighted by atomic mass is 19.1. The van der Waals surface area contributed by atoms with Gasteiger partial charge in [0.25, 0.3) is 0 Å². The van der Waals surface area contributed by atoms with E-state index in [1.54, 1.807) is 6.07 Å². The monoisotopic (exact) mass is 294 g/mol. The van der Waals surface area contributed by atoms with Gasteiger partial charge in [0.15, 0.2) is 0 Å². The molecule has 3 atom stereocenters. The van der Waals surface area contributed by atoms with Crippen LogP contribution in [-0.4, -0.2) is 37.8 Å². The molecule has 1 saturated heterocycles. The molecule has 0 bridgehead atoms. The Morgan fingerprint density at radius 3 is 3.10 bits per heavy atom. The van der Waals surface area contributed by atoms with E-state index in [2.05, 4.69) is 10.6 Å². The number of fused-ring (bicyclic) bond motifs is 1. The minimum absolute atomic E-state index is 0.121. The lowest BCUT2D eigenvalue weighted by molar-refractivity contribution is -0.129. The van der Waals surface area contributed by atoms with E-state index < -0.39 is 0 Å². The molecule has 5 nitrogen and oxygen atoms in total. The predicted octanol–water partition coefficient (Wildman–Crippen LogP) is 1.14. The second-order valence-corrected chi connectivity index (χ2v) is 5.39. The Bertz CT molecular complexity index is 538. The van der Waals surface area contributed by atoms with E-state index >= 15 is 0 Å². The number of nitrogens with one attached hydrogen (secondary N) is 2. The number of halogens is 1. The summed E-state index contributed by atoms with van der Waals surface area (Å²) in [7, 11) is 0. The smallest absolute Gasteiger partial charge is 0.240 e. The van der Waals surface area contributed by atoms with E-state index in [0.717, 1.165) is 0 Å². The van der Waals surface area contributed by atoms with E-state index in [1.165, 1.54) is 12.1 Å². The SMILES string of the molecule is C[C@H]1OCCN[C@@H]1C(=O)NC1CCOc2ccc(F)cc21. The Balaban J connectivity index is 1.74. The summed E-state index contributed by atoms with van der Waals surface area (Å²) < 4.78 is 24.4. The fraction of sp³-hybridized carbons (Fsp3) is 0.533. The maximum absolute atomic E-state index is 13.4. The van der Waals surface area contributed by atoms with Crippen LogP contribution in [0.15, 0.2) is 18.2 Å². The van der Waals surface area contributed by atoms with Crippen molar-refractivity contribution in [1.29, 1.82) is 0 Å². The van der Waals surface area contributed by atoms with E-state index in [4.69, 9.17) is 9.47 Å². The number of benzene rings is 1. The average Bonchev–Trinajstić information content (AvgIpc) is 2.48. The first-order valence-electron chi connectivity index (χ1n) is 7.23. The van der Waals surface area contributed by atoms with Crippen LogP contribution in [0.5, 0.6) is 5.75 Å². The normalized spacial score (nSPS) is 28.4. The summed E-state index contributed by atoms with van der Waals surface area (Å²) in [4.78, 5) is 12.4. The third-order valence-corrected chi connectivity index (χ3v) is 3.93. The van der Waals surface area contributed by atoms with Crippen molar-refractivity contribution in [2.45, 2.75) is 31.5 Å². The highest BCUT2D eigenvalue weighted by Gasteiger charge is 2.31. The second-order valence-electron chi connectivity index (χ2n) is 5.39. The van der Waals surface area contributed by atoms with Crippen molar-refractivity contribution in [1.82, 2.24) is 10.6 Å². The standard InChI is InChI=1S/C15H19FN2O3/c1-9-14(17-5-7-20-9)15(19)18-12-4-6-21-13-3-2-10(16)8-11(12)13/h2-3,8-9,12,14,17H,4-7H2,1H3,(H,18,19)/t9-,12?,14+/m1/s1. The van der Waals surface area contributed by atoms with Gasteiger partial charge in [-0.15, -0.1) is 0 Å². The first-order valence-corrected chi connectivity index (χ1v) is 7.23. The summed E-state index contributed by atoms with van der Waals surface area (Å²) in [6.07, 6.45) is 0.454. The van der Waals surface area contributed by atoms with Gasteiger partial charge in [0, 0.05) is 18.5 Å². The molecule has 2 aliphatic rings. The predicted molar refractivity (Wildman–Crippen MR) is 74.6 cm³/mol. The summed E-state index contributed by atoms with van der Waals surface area (Å²) >= 11 is 0. The number of rotatable bonds is 2. The van der Waals surface area contributed by atoms with Crippen molar-refractivity contribution < 1.29 is 18.7 Å². The first kappa shape index (κ1) is 14.3. The lowest BCUT2D eigenvalue weighted by atomic mass is 9.99. The maximum Gasteiger partial charge on any atom is 0.240 e. The Morgan fingerprint density at radius 2 is 2.29 bits per heavy atom. The first-order chi connectivity index (χ1) is 10.1. The molecular weight excluding hydrogens is 275 g/mol. The van der Waals surface area contributed by atoms with E-state index in [0.29, 0.717) is 37.5 Å². The lowest BCUT2D eigenvalue weighted by Gasteiger charge is -2.32. The number of amides is 1. The molecule has 1 fully saturated rings. The fourth-order valence-electron chi connectivity index (χ4n) is 2.80. The zero-order chi connectivity index (χ0) is 14.8. The van der Waals surface area contributed by atoms with Gasteiger partial charge in [0.1, 0.15) is 17.6 Å². The van der Waals surface area contributed by atoms with Crippen molar-refractivity contribution >= 4 is 5.91 Å². The van der Waals surface area contributed by atoms with Crippen LogP contribution in [0.25, 0.3) is 0 Å². The molecule has 114 valence electrons. The van der Waals surface area contributed by atoms with Crippen LogP contribution >= 0.6 is 0 Å². The van der Waals surface area contributed by atoms with Crippen LogP contribution in [0, 0.1) is 5.82 Å². The molecule has 1 aromatic carbocycles. The van der Waals surface area contributed by atoms with E-state index in [1.807, 2.05) is 6.92 Å². The molecule has 2 aliphatic heterocycles. The van der Waals surface area contributed by atoms with Crippen molar-refractivity contribution in [3.8, 4) is 5.75 Å². The quantitative estimate of drug-likeness (QED) is 0.859. The highest BCUT2D eigenvalue weighted by molar-refractivity contribution is 5.83. The number of carbonyl (C=O) groups excluding carboxylic acids is 1. The van der Waals surface area contributed by atoms with Gasteiger partial charge in [-0.3, -0.25) is 4.79 Å². The fourth-order valence-corrected chi connectivity index (χ4v) is 2.80. The van der Waals surface area contributed by atoms with Gasteiger partial charge < -0.3 is 20.1 Å². The molecule has 2 N–H and O–H groups in total. The van der Waals surface area contributed by atoms with Crippen molar-refractivity contribution in [2.24, 2.45) is 0 Å².